The topological polar surface area (TPSA) is 38.1 Å². The second-order valence-corrected chi connectivity index (χ2v) is 5.07. The summed E-state index contributed by atoms with van der Waals surface area (Å²) in [4.78, 5) is 4.55. The highest BCUT2D eigenvalue weighted by Crippen LogP contribution is 2.30. The molecule has 0 amide bonds. The molecule has 0 unspecified atom stereocenters. The van der Waals surface area contributed by atoms with E-state index >= 15 is 0 Å². The zero-order valence-corrected chi connectivity index (χ0v) is 12.1. The molecule has 0 atom stereocenters. The van der Waals surface area contributed by atoms with Crippen LogP contribution in [-0.2, 0) is 0 Å². The number of oxazole rings is 1. The van der Waals surface area contributed by atoms with E-state index in [1.54, 1.807) is 0 Å². The minimum absolute atomic E-state index is 0.635. The summed E-state index contributed by atoms with van der Waals surface area (Å²) >= 11 is 3.52. The van der Waals surface area contributed by atoms with E-state index in [0.29, 0.717) is 5.89 Å². The largest absolute Gasteiger partial charge is 0.436 e. The van der Waals surface area contributed by atoms with Crippen molar-refractivity contribution in [3.8, 4) is 11.5 Å². The Balaban J connectivity index is 2.09. The Labute approximate surface area is 119 Å². The van der Waals surface area contributed by atoms with Crippen molar-refractivity contribution in [2.75, 3.05) is 11.9 Å². The zero-order chi connectivity index (χ0) is 13.2. The molecule has 1 aromatic heterocycles. The van der Waals surface area contributed by atoms with Crippen LogP contribution in [0.5, 0.6) is 0 Å². The number of fused-ring (bicyclic) bond motifs is 1. The van der Waals surface area contributed by atoms with E-state index in [9.17, 15) is 0 Å². The highest BCUT2D eigenvalue weighted by molar-refractivity contribution is 9.10. The molecule has 0 spiro atoms. The third kappa shape index (κ3) is 2.36. The monoisotopic (exact) mass is 316 g/mol. The van der Waals surface area contributed by atoms with Crippen LogP contribution in [0.2, 0.25) is 0 Å². The smallest absolute Gasteiger partial charge is 0.228 e. The molecule has 0 saturated heterocycles. The quantitative estimate of drug-likeness (QED) is 0.761. The molecule has 0 bridgehead atoms. The first kappa shape index (κ1) is 12.2. The number of rotatable bonds is 3. The van der Waals surface area contributed by atoms with Gasteiger partial charge in [0.15, 0.2) is 5.58 Å². The van der Waals surface area contributed by atoms with Gasteiger partial charge in [0.2, 0.25) is 5.89 Å². The van der Waals surface area contributed by atoms with Crippen molar-refractivity contribution < 1.29 is 4.42 Å². The van der Waals surface area contributed by atoms with Crippen molar-refractivity contribution in [1.82, 2.24) is 4.98 Å². The van der Waals surface area contributed by atoms with Crippen molar-refractivity contribution in [3.05, 3.63) is 46.9 Å². The Kier molecular flexibility index (Phi) is 3.25. The first-order valence-corrected chi connectivity index (χ1v) is 6.96. The van der Waals surface area contributed by atoms with Crippen LogP contribution in [0.15, 0.2) is 51.4 Å². The predicted molar refractivity (Wildman–Crippen MR) is 81.3 cm³/mol. The molecule has 0 saturated carbocycles. The summed E-state index contributed by atoms with van der Waals surface area (Å²) in [5.74, 6) is 0.635. The molecule has 3 nitrogen and oxygen atoms in total. The Morgan fingerprint density at radius 2 is 2.05 bits per heavy atom. The average molecular weight is 317 g/mol. The third-order valence-electron chi connectivity index (χ3n) is 2.87. The summed E-state index contributed by atoms with van der Waals surface area (Å²) in [5, 5.41) is 3.27. The first-order chi connectivity index (χ1) is 9.28. The second-order valence-electron chi connectivity index (χ2n) is 4.21. The van der Waals surface area contributed by atoms with Gasteiger partial charge in [-0.05, 0) is 53.2 Å². The van der Waals surface area contributed by atoms with Crippen LogP contribution < -0.4 is 5.32 Å². The Morgan fingerprint density at radius 1 is 1.21 bits per heavy atom. The molecule has 19 heavy (non-hydrogen) atoms. The summed E-state index contributed by atoms with van der Waals surface area (Å²) in [6.07, 6.45) is 0. The molecule has 0 aliphatic heterocycles. The van der Waals surface area contributed by atoms with E-state index in [-0.39, 0.29) is 0 Å². The third-order valence-corrected chi connectivity index (χ3v) is 3.56. The lowest BCUT2D eigenvalue weighted by Gasteiger charge is -2.00. The molecule has 2 aromatic carbocycles. The lowest BCUT2D eigenvalue weighted by Crippen LogP contribution is -1.95. The molecule has 0 aliphatic rings. The van der Waals surface area contributed by atoms with Crippen LogP contribution in [0.4, 0.5) is 5.69 Å². The van der Waals surface area contributed by atoms with Gasteiger partial charge in [-0.25, -0.2) is 4.98 Å². The van der Waals surface area contributed by atoms with Crippen LogP contribution in [0.1, 0.15) is 6.92 Å². The molecule has 0 radical (unpaired) electrons. The van der Waals surface area contributed by atoms with Gasteiger partial charge in [-0.1, -0.05) is 12.1 Å². The van der Waals surface area contributed by atoms with E-state index in [1.807, 2.05) is 42.5 Å². The maximum Gasteiger partial charge on any atom is 0.228 e. The van der Waals surface area contributed by atoms with Gasteiger partial charge in [0.25, 0.3) is 0 Å². The molecule has 4 heteroatoms. The normalized spacial score (nSPS) is 10.8. The van der Waals surface area contributed by atoms with Gasteiger partial charge in [-0.15, -0.1) is 0 Å². The van der Waals surface area contributed by atoms with Gasteiger partial charge in [0, 0.05) is 16.7 Å². The first-order valence-electron chi connectivity index (χ1n) is 6.17. The number of nitrogens with one attached hydrogen (secondary N) is 1. The van der Waals surface area contributed by atoms with Gasteiger partial charge in [0.1, 0.15) is 5.52 Å². The molecular formula is C15H13BrN2O. The van der Waals surface area contributed by atoms with Crippen LogP contribution in [0.3, 0.4) is 0 Å². The van der Waals surface area contributed by atoms with Crippen molar-refractivity contribution >= 4 is 32.7 Å². The molecule has 1 heterocycles. The molecular weight excluding hydrogens is 304 g/mol. The lowest BCUT2D eigenvalue weighted by molar-refractivity contribution is 0.619. The number of hydrogen-bond acceptors (Lipinski definition) is 3. The van der Waals surface area contributed by atoms with Gasteiger partial charge in [-0.2, -0.15) is 0 Å². The van der Waals surface area contributed by atoms with Gasteiger partial charge in [-0.3, -0.25) is 0 Å². The Morgan fingerprint density at radius 3 is 2.84 bits per heavy atom. The molecule has 1 N–H and O–H groups in total. The van der Waals surface area contributed by atoms with Crippen LogP contribution in [0.25, 0.3) is 22.6 Å². The summed E-state index contributed by atoms with van der Waals surface area (Å²) < 4.78 is 6.78. The number of benzene rings is 2. The van der Waals surface area contributed by atoms with Gasteiger partial charge >= 0.3 is 0 Å². The maximum absolute atomic E-state index is 5.80. The highest BCUT2D eigenvalue weighted by Gasteiger charge is 2.10. The van der Waals surface area contributed by atoms with Crippen molar-refractivity contribution in [2.45, 2.75) is 6.92 Å². The number of nitrogens with zero attached hydrogens (tertiary/aromatic N) is 1. The van der Waals surface area contributed by atoms with Crippen molar-refractivity contribution in [2.24, 2.45) is 0 Å². The van der Waals surface area contributed by atoms with E-state index < -0.39 is 0 Å². The maximum atomic E-state index is 5.80. The molecule has 0 aliphatic carbocycles. The molecule has 3 aromatic rings. The van der Waals surface area contributed by atoms with Crippen LogP contribution in [0, 0.1) is 0 Å². The SMILES string of the molecule is CCNc1ccc2oc(-c3ccccc3Br)nc2c1. The molecule has 0 fully saturated rings. The van der Waals surface area contributed by atoms with E-state index in [0.717, 1.165) is 33.4 Å². The Hall–Kier alpha value is -1.81. The minimum Gasteiger partial charge on any atom is -0.436 e. The highest BCUT2D eigenvalue weighted by atomic mass is 79.9. The van der Waals surface area contributed by atoms with Crippen molar-refractivity contribution in [1.29, 1.82) is 0 Å². The average Bonchev–Trinajstić information content (AvgIpc) is 2.82. The van der Waals surface area contributed by atoms with E-state index in [4.69, 9.17) is 4.42 Å². The standard InChI is InChI=1S/C15H13BrN2O/c1-2-17-10-7-8-14-13(9-10)18-15(19-14)11-5-3-4-6-12(11)16/h3-9,17H,2H2,1H3. The van der Waals surface area contributed by atoms with Crippen molar-refractivity contribution in [3.63, 3.8) is 0 Å². The lowest BCUT2D eigenvalue weighted by atomic mass is 10.2. The minimum atomic E-state index is 0.635. The summed E-state index contributed by atoms with van der Waals surface area (Å²) in [7, 11) is 0. The summed E-state index contributed by atoms with van der Waals surface area (Å²) in [6.45, 7) is 2.96. The fourth-order valence-corrected chi connectivity index (χ4v) is 2.45. The van der Waals surface area contributed by atoms with Crippen LogP contribution in [-0.4, -0.2) is 11.5 Å². The number of aromatic nitrogens is 1. The second kappa shape index (κ2) is 5.05. The van der Waals surface area contributed by atoms with E-state index in [1.165, 1.54) is 0 Å². The number of anilines is 1. The predicted octanol–water partition coefficient (Wildman–Crippen LogP) is 4.69. The number of halogens is 1. The van der Waals surface area contributed by atoms with E-state index in [2.05, 4.69) is 33.2 Å². The fourth-order valence-electron chi connectivity index (χ4n) is 1.99. The van der Waals surface area contributed by atoms with Gasteiger partial charge < -0.3 is 9.73 Å². The zero-order valence-electron chi connectivity index (χ0n) is 10.5. The molecule has 3 rings (SSSR count). The summed E-state index contributed by atoms with van der Waals surface area (Å²) in [5.41, 5.74) is 3.68. The fraction of sp³-hybridized carbons (Fsp3) is 0.133. The number of hydrogen-bond donors (Lipinski definition) is 1. The van der Waals surface area contributed by atoms with Crippen LogP contribution >= 0.6 is 15.9 Å². The summed E-state index contributed by atoms with van der Waals surface area (Å²) in [6, 6.07) is 13.9. The van der Waals surface area contributed by atoms with Gasteiger partial charge in [0.05, 0.1) is 5.56 Å². The Bertz CT molecular complexity index is 721. The molecule has 96 valence electrons.